The molecule has 2 aliphatic heterocycles. The Labute approximate surface area is 146 Å². The summed E-state index contributed by atoms with van der Waals surface area (Å²) < 4.78 is 0. The number of fused-ring (bicyclic) bond motifs is 2. The second-order valence-electron chi connectivity index (χ2n) is 6.99. The number of carbonyl (C=O) groups is 1. The molecule has 1 amide bonds. The highest BCUT2D eigenvalue weighted by Crippen LogP contribution is 2.42. The van der Waals surface area contributed by atoms with E-state index in [1.54, 1.807) is 13.3 Å². The van der Waals surface area contributed by atoms with Gasteiger partial charge >= 0.3 is 0 Å². The Balaban J connectivity index is 1.53. The molecular weight excluding hydrogens is 316 g/mol. The first-order valence-electron chi connectivity index (χ1n) is 8.73. The highest BCUT2D eigenvalue weighted by Gasteiger charge is 2.47. The maximum atomic E-state index is 12.3. The first kappa shape index (κ1) is 15.9. The van der Waals surface area contributed by atoms with E-state index in [2.05, 4.69) is 25.9 Å². The number of nitrogens with one attached hydrogen (secondary N) is 2. The van der Waals surface area contributed by atoms with Gasteiger partial charge in [0.05, 0.1) is 17.6 Å². The average molecular weight is 338 g/mol. The summed E-state index contributed by atoms with van der Waals surface area (Å²) in [4.78, 5) is 27.5. The van der Waals surface area contributed by atoms with Crippen LogP contribution in [0.3, 0.4) is 0 Å². The predicted octanol–water partition coefficient (Wildman–Crippen LogP) is 1.51. The number of aromatic amines is 2. The van der Waals surface area contributed by atoms with Crippen LogP contribution in [-0.4, -0.2) is 50.3 Å². The number of H-pyrrole nitrogens is 2. The molecule has 0 saturated carbocycles. The molecule has 0 aliphatic carbocycles. The lowest BCUT2D eigenvalue weighted by Crippen LogP contribution is -2.57. The van der Waals surface area contributed by atoms with Crippen LogP contribution in [0.2, 0.25) is 0 Å². The van der Waals surface area contributed by atoms with E-state index in [1.165, 1.54) is 5.69 Å². The Morgan fingerprint density at radius 1 is 1.36 bits per heavy atom. The molecule has 2 aromatic rings. The van der Waals surface area contributed by atoms with Gasteiger partial charge in [0.1, 0.15) is 11.8 Å². The highest BCUT2D eigenvalue weighted by atomic mass is 16.2. The van der Waals surface area contributed by atoms with Crippen LogP contribution in [-0.2, 0) is 23.3 Å². The summed E-state index contributed by atoms with van der Waals surface area (Å²) in [7, 11) is 0. The summed E-state index contributed by atoms with van der Waals surface area (Å²) in [6.07, 6.45) is 6.28. The zero-order valence-electron chi connectivity index (χ0n) is 14.4. The van der Waals surface area contributed by atoms with E-state index in [0.717, 1.165) is 56.7 Å². The van der Waals surface area contributed by atoms with Crippen LogP contribution in [0.25, 0.3) is 0 Å². The normalized spacial score (nSPS) is 19.6. The summed E-state index contributed by atoms with van der Waals surface area (Å²) in [5.41, 5.74) is 3.68. The topological polar surface area (TPSA) is 91.8 Å². The van der Waals surface area contributed by atoms with E-state index >= 15 is 0 Å². The second-order valence-corrected chi connectivity index (χ2v) is 6.99. The molecule has 0 radical (unpaired) electrons. The molecule has 7 heteroatoms. The molecule has 0 atom stereocenters. The minimum atomic E-state index is -0.272. The summed E-state index contributed by atoms with van der Waals surface area (Å²) in [6, 6.07) is 4.03. The van der Waals surface area contributed by atoms with Crippen molar-refractivity contribution in [3.63, 3.8) is 0 Å². The van der Waals surface area contributed by atoms with Gasteiger partial charge in [0.2, 0.25) is 5.91 Å². The highest BCUT2D eigenvalue weighted by molar-refractivity contribution is 5.75. The standard InChI is InChI=1S/C18H22N6O/c1-13(25)24-5-2-16-17(22-12-21-16)18(24)3-6-23(7-4-18)11-14-8-15(9-19)20-10-14/h8,10,12,20H,2-7,11H2,1H3,(H,21,22). The molecule has 0 aromatic carbocycles. The van der Waals surface area contributed by atoms with E-state index in [0.29, 0.717) is 5.69 Å². The lowest BCUT2D eigenvalue weighted by Gasteiger charge is -2.50. The second kappa shape index (κ2) is 6.05. The molecular formula is C18H22N6O. The summed E-state index contributed by atoms with van der Waals surface area (Å²) in [5, 5.41) is 8.93. The quantitative estimate of drug-likeness (QED) is 0.868. The van der Waals surface area contributed by atoms with E-state index in [9.17, 15) is 4.79 Å². The van der Waals surface area contributed by atoms with Crippen LogP contribution in [0, 0.1) is 11.3 Å². The van der Waals surface area contributed by atoms with Crippen molar-refractivity contribution in [2.45, 2.75) is 38.3 Å². The number of imidazole rings is 1. The molecule has 7 nitrogen and oxygen atoms in total. The molecule has 0 unspecified atom stereocenters. The summed E-state index contributed by atoms with van der Waals surface area (Å²) in [5.74, 6) is 0.131. The molecule has 2 aliphatic rings. The van der Waals surface area contributed by atoms with Crippen molar-refractivity contribution in [1.82, 2.24) is 24.8 Å². The van der Waals surface area contributed by atoms with Crippen LogP contribution < -0.4 is 0 Å². The first-order chi connectivity index (χ1) is 12.1. The zero-order valence-corrected chi connectivity index (χ0v) is 14.4. The average Bonchev–Trinajstić information content (AvgIpc) is 3.26. The third-order valence-electron chi connectivity index (χ3n) is 5.59. The molecule has 1 spiro atoms. The smallest absolute Gasteiger partial charge is 0.220 e. The monoisotopic (exact) mass is 338 g/mol. The number of likely N-dealkylation sites (tertiary alicyclic amines) is 1. The third kappa shape index (κ3) is 2.63. The summed E-state index contributed by atoms with van der Waals surface area (Å²) >= 11 is 0. The fraction of sp³-hybridized carbons (Fsp3) is 0.500. The first-order valence-corrected chi connectivity index (χ1v) is 8.73. The maximum Gasteiger partial charge on any atom is 0.220 e. The Bertz CT molecular complexity index is 821. The lowest BCUT2D eigenvalue weighted by molar-refractivity contribution is -0.139. The van der Waals surface area contributed by atoms with E-state index in [-0.39, 0.29) is 11.4 Å². The van der Waals surface area contributed by atoms with Gasteiger partial charge in [-0.25, -0.2) is 4.98 Å². The van der Waals surface area contributed by atoms with Gasteiger partial charge in [-0.3, -0.25) is 9.69 Å². The SMILES string of the molecule is CC(=O)N1CCc2[nH]cnc2C12CCN(Cc1c[nH]c(C#N)c1)CC2. The molecule has 25 heavy (non-hydrogen) atoms. The molecule has 1 fully saturated rings. The van der Waals surface area contributed by atoms with Gasteiger partial charge in [0.15, 0.2) is 0 Å². The van der Waals surface area contributed by atoms with Gasteiger partial charge in [0, 0.05) is 51.4 Å². The van der Waals surface area contributed by atoms with Gasteiger partial charge in [0.25, 0.3) is 0 Å². The van der Waals surface area contributed by atoms with E-state index in [1.807, 2.05) is 17.2 Å². The van der Waals surface area contributed by atoms with Crippen LogP contribution in [0.1, 0.15) is 42.4 Å². The van der Waals surface area contributed by atoms with Crippen molar-refractivity contribution < 1.29 is 4.79 Å². The largest absolute Gasteiger partial charge is 0.353 e. The van der Waals surface area contributed by atoms with Gasteiger partial charge in [-0.2, -0.15) is 5.26 Å². The van der Waals surface area contributed by atoms with Crippen LogP contribution >= 0.6 is 0 Å². The van der Waals surface area contributed by atoms with E-state index in [4.69, 9.17) is 5.26 Å². The number of amides is 1. The van der Waals surface area contributed by atoms with Crippen LogP contribution in [0.5, 0.6) is 0 Å². The molecule has 2 N–H and O–H groups in total. The molecule has 1 saturated heterocycles. The van der Waals surface area contributed by atoms with Gasteiger partial charge in [-0.05, 0) is 24.5 Å². The van der Waals surface area contributed by atoms with Gasteiger partial charge in [-0.1, -0.05) is 0 Å². The molecule has 4 rings (SSSR count). The number of piperidine rings is 1. The third-order valence-corrected chi connectivity index (χ3v) is 5.59. The number of hydrogen-bond donors (Lipinski definition) is 2. The van der Waals surface area contributed by atoms with Gasteiger partial charge < -0.3 is 14.9 Å². The van der Waals surface area contributed by atoms with Crippen molar-refractivity contribution in [2.24, 2.45) is 0 Å². The van der Waals surface area contributed by atoms with Crippen molar-refractivity contribution >= 4 is 5.91 Å². The number of carbonyl (C=O) groups excluding carboxylic acids is 1. The molecule has 0 bridgehead atoms. The number of hydrogen-bond acceptors (Lipinski definition) is 4. The Morgan fingerprint density at radius 3 is 2.84 bits per heavy atom. The number of nitrogens with zero attached hydrogens (tertiary/aromatic N) is 4. The lowest BCUT2D eigenvalue weighted by atomic mass is 9.78. The van der Waals surface area contributed by atoms with E-state index < -0.39 is 0 Å². The molecule has 130 valence electrons. The Kier molecular flexibility index (Phi) is 3.85. The minimum Gasteiger partial charge on any atom is -0.353 e. The molecule has 2 aromatic heterocycles. The van der Waals surface area contributed by atoms with Crippen LogP contribution in [0.4, 0.5) is 0 Å². The number of rotatable bonds is 2. The maximum absolute atomic E-state index is 12.3. The Morgan fingerprint density at radius 2 is 2.16 bits per heavy atom. The Hall–Kier alpha value is -2.59. The van der Waals surface area contributed by atoms with Crippen molar-refractivity contribution in [3.8, 4) is 6.07 Å². The number of nitriles is 1. The number of aromatic nitrogens is 3. The zero-order chi connectivity index (χ0) is 17.4. The van der Waals surface area contributed by atoms with Crippen molar-refractivity contribution in [3.05, 3.63) is 41.2 Å². The van der Waals surface area contributed by atoms with Gasteiger partial charge in [-0.15, -0.1) is 0 Å². The predicted molar refractivity (Wildman–Crippen MR) is 91.4 cm³/mol. The fourth-order valence-electron chi connectivity index (χ4n) is 4.38. The molecule has 4 heterocycles. The minimum absolute atomic E-state index is 0.131. The van der Waals surface area contributed by atoms with Crippen molar-refractivity contribution in [1.29, 1.82) is 5.26 Å². The van der Waals surface area contributed by atoms with Crippen molar-refractivity contribution in [2.75, 3.05) is 19.6 Å². The summed E-state index contributed by atoms with van der Waals surface area (Å²) in [6.45, 7) is 5.05. The fourth-order valence-corrected chi connectivity index (χ4v) is 4.38. The van der Waals surface area contributed by atoms with Crippen LogP contribution in [0.15, 0.2) is 18.6 Å².